The molecule has 4 rings (SSSR count). The van der Waals surface area contributed by atoms with Crippen molar-refractivity contribution in [3.05, 3.63) is 52.3 Å². The van der Waals surface area contributed by atoms with Crippen molar-refractivity contribution in [2.24, 2.45) is 18.0 Å². The number of para-hydroxylation sites is 1. The summed E-state index contributed by atoms with van der Waals surface area (Å²) in [5.74, 6) is -0.212. The Hall–Kier alpha value is -2.20. The summed E-state index contributed by atoms with van der Waals surface area (Å²) in [5.41, 5.74) is 0.827. The SMILES string of the molecule is COc1ccc(S(=O)(=O)N2CCCC(C(=O)N=c3sc4cccc(Cl)c4n3C)C2)cc1. The second kappa shape index (κ2) is 8.74. The van der Waals surface area contributed by atoms with Crippen molar-refractivity contribution < 1.29 is 17.9 Å². The average Bonchev–Trinajstić information content (AvgIpc) is 3.10. The number of carbonyl (C=O) groups excluding carboxylic acids is 1. The van der Waals surface area contributed by atoms with E-state index in [0.29, 0.717) is 35.0 Å². The number of benzene rings is 2. The lowest BCUT2D eigenvalue weighted by Gasteiger charge is -2.30. The van der Waals surface area contributed by atoms with E-state index in [1.165, 1.54) is 34.9 Å². The Bertz CT molecular complexity index is 1300. The van der Waals surface area contributed by atoms with E-state index in [-0.39, 0.29) is 17.3 Å². The van der Waals surface area contributed by atoms with Crippen molar-refractivity contribution in [1.82, 2.24) is 8.87 Å². The Labute approximate surface area is 189 Å². The molecule has 1 atom stereocenters. The van der Waals surface area contributed by atoms with Gasteiger partial charge in [0.25, 0.3) is 5.91 Å². The van der Waals surface area contributed by atoms with Gasteiger partial charge in [-0.15, -0.1) is 0 Å². The molecule has 1 aliphatic rings. The van der Waals surface area contributed by atoms with Crippen LogP contribution in [0.3, 0.4) is 0 Å². The molecule has 0 spiro atoms. The minimum Gasteiger partial charge on any atom is -0.497 e. The summed E-state index contributed by atoms with van der Waals surface area (Å²) in [6.07, 6.45) is 1.21. The molecule has 1 amide bonds. The van der Waals surface area contributed by atoms with Crippen LogP contribution in [-0.4, -0.2) is 43.4 Å². The standard InChI is InChI=1S/C21H22ClN3O4S2/c1-24-19-17(22)6-3-7-18(19)30-21(24)23-20(26)14-5-4-12-25(13-14)31(27,28)16-10-8-15(29-2)9-11-16/h3,6-11,14H,4-5,12-13H2,1-2H3. The average molecular weight is 480 g/mol. The lowest BCUT2D eigenvalue weighted by Crippen LogP contribution is -2.42. The highest BCUT2D eigenvalue weighted by molar-refractivity contribution is 7.89. The van der Waals surface area contributed by atoms with Crippen molar-refractivity contribution in [2.45, 2.75) is 17.7 Å². The number of halogens is 1. The molecular formula is C21H22ClN3O4S2. The number of fused-ring (bicyclic) bond motifs is 1. The first-order valence-electron chi connectivity index (χ1n) is 9.78. The number of ether oxygens (including phenoxy) is 1. The molecule has 1 saturated heterocycles. The van der Waals surface area contributed by atoms with Crippen molar-refractivity contribution in [3.63, 3.8) is 0 Å². The van der Waals surface area contributed by atoms with Crippen LogP contribution in [0.15, 0.2) is 52.4 Å². The fourth-order valence-corrected chi connectivity index (χ4v) is 6.64. The Morgan fingerprint density at radius 2 is 1.97 bits per heavy atom. The van der Waals surface area contributed by atoms with Crippen LogP contribution < -0.4 is 9.54 Å². The third kappa shape index (κ3) is 4.27. The topological polar surface area (TPSA) is 81.0 Å². The molecule has 0 radical (unpaired) electrons. The highest BCUT2D eigenvalue weighted by Crippen LogP contribution is 2.27. The second-order valence-corrected chi connectivity index (χ2v) is 10.7. The number of piperidine rings is 1. The summed E-state index contributed by atoms with van der Waals surface area (Å²) in [6.45, 7) is 0.497. The predicted octanol–water partition coefficient (Wildman–Crippen LogP) is 3.43. The largest absolute Gasteiger partial charge is 0.497 e. The molecule has 2 heterocycles. The number of rotatable bonds is 4. The third-order valence-corrected chi connectivity index (χ3v) is 8.69. The molecule has 1 unspecified atom stereocenters. The van der Waals surface area contributed by atoms with E-state index in [1.807, 2.05) is 19.2 Å². The van der Waals surface area contributed by atoms with Crippen molar-refractivity contribution >= 4 is 49.1 Å². The molecule has 0 saturated carbocycles. The van der Waals surface area contributed by atoms with Gasteiger partial charge in [-0.1, -0.05) is 29.0 Å². The summed E-state index contributed by atoms with van der Waals surface area (Å²) in [7, 11) is -0.353. The van der Waals surface area contributed by atoms with Crippen LogP contribution in [0.25, 0.3) is 10.2 Å². The highest BCUT2D eigenvalue weighted by Gasteiger charge is 2.33. The monoisotopic (exact) mass is 479 g/mol. The fraction of sp³-hybridized carbons (Fsp3) is 0.333. The molecular weight excluding hydrogens is 458 g/mol. The van der Waals surface area contributed by atoms with Crippen LogP contribution in [0.1, 0.15) is 12.8 Å². The zero-order chi connectivity index (χ0) is 22.2. The van der Waals surface area contributed by atoms with Gasteiger partial charge in [0, 0.05) is 20.1 Å². The Balaban J connectivity index is 1.58. The van der Waals surface area contributed by atoms with Crippen LogP contribution in [0.2, 0.25) is 5.02 Å². The lowest BCUT2D eigenvalue weighted by atomic mass is 9.99. The van der Waals surface area contributed by atoms with E-state index in [2.05, 4.69) is 4.99 Å². The Kier molecular flexibility index (Phi) is 6.20. The normalized spacial score (nSPS) is 18.4. The molecule has 10 heteroatoms. The van der Waals surface area contributed by atoms with Crippen LogP contribution >= 0.6 is 22.9 Å². The summed E-state index contributed by atoms with van der Waals surface area (Å²) in [6, 6.07) is 11.8. The van der Waals surface area contributed by atoms with Crippen molar-refractivity contribution in [1.29, 1.82) is 0 Å². The van der Waals surface area contributed by atoms with E-state index in [9.17, 15) is 13.2 Å². The molecule has 164 valence electrons. The number of sulfonamides is 1. The zero-order valence-electron chi connectivity index (χ0n) is 17.1. The van der Waals surface area contributed by atoms with Gasteiger partial charge in [0.2, 0.25) is 10.0 Å². The number of thiazole rings is 1. The summed E-state index contributed by atoms with van der Waals surface area (Å²) in [4.78, 5) is 18.0. The minimum atomic E-state index is -3.70. The quantitative estimate of drug-likeness (QED) is 0.574. The molecule has 1 fully saturated rings. The highest BCUT2D eigenvalue weighted by atomic mass is 35.5. The number of nitrogens with zero attached hydrogens (tertiary/aromatic N) is 3. The van der Waals surface area contributed by atoms with Gasteiger partial charge in [0.1, 0.15) is 5.75 Å². The van der Waals surface area contributed by atoms with Gasteiger partial charge in [-0.05, 0) is 49.2 Å². The number of hydrogen-bond acceptors (Lipinski definition) is 5. The molecule has 3 aromatic rings. The Morgan fingerprint density at radius 1 is 1.23 bits per heavy atom. The molecule has 7 nitrogen and oxygen atoms in total. The Morgan fingerprint density at radius 3 is 2.65 bits per heavy atom. The maximum Gasteiger partial charge on any atom is 0.252 e. The maximum absolute atomic E-state index is 13.0. The van der Waals surface area contributed by atoms with Gasteiger partial charge in [0.05, 0.1) is 33.2 Å². The first-order valence-corrected chi connectivity index (χ1v) is 12.4. The predicted molar refractivity (Wildman–Crippen MR) is 121 cm³/mol. The summed E-state index contributed by atoms with van der Waals surface area (Å²) < 4.78 is 35.3. The molecule has 31 heavy (non-hydrogen) atoms. The van der Waals surface area contributed by atoms with Crippen LogP contribution in [-0.2, 0) is 21.9 Å². The van der Waals surface area contributed by atoms with Gasteiger partial charge >= 0.3 is 0 Å². The zero-order valence-corrected chi connectivity index (χ0v) is 19.5. The maximum atomic E-state index is 13.0. The molecule has 0 aliphatic carbocycles. The van der Waals surface area contributed by atoms with Gasteiger partial charge in [-0.2, -0.15) is 9.30 Å². The van der Waals surface area contributed by atoms with Crippen molar-refractivity contribution in [2.75, 3.05) is 20.2 Å². The first-order chi connectivity index (χ1) is 14.8. The molecule has 1 aliphatic heterocycles. The summed E-state index contributed by atoms with van der Waals surface area (Å²) >= 11 is 7.67. The number of aryl methyl sites for hydroxylation is 1. The van der Waals surface area contributed by atoms with Crippen LogP contribution in [0.4, 0.5) is 0 Å². The number of carbonyl (C=O) groups is 1. The second-order valence-electron chi connectivity index (χ2n) is 7.36. The van der Waals surface area contributed by atoms with E-state index in [0.717, 1.165) is 10.2 Å². The van der Waals surface area contributed by atoms with Crippen LogP contribution in [0, 0.1) is 5.92 Å². The smallest absolute Gasteiger partial charge is 0.252 e. The fourth-order valence-electron chi connectivity index (χ4n) is 3.71. The number of aromatic nitrogens is 1. The first kappa shape index (κ1) is 22.0. The summed E-state index contributed by atoms with van der Waals surface area (Å²) in [5, 5.41) is 0.597. The van der Waals surface area contributed by atoms with Gasteiger partial charge in [-0.25, -0.2) is 8.42 Å². The minimum absolute atomic E-state index is 0.117. The number of hydrogen-bond donors (Lipinski definition) is 0. The molecule has 1 aromatic heterocycles. The van der Waals surface area contributed by atoms with Gasteiger partial charge in [-0.3, -0.25) is 4.79 Å². The number of methoxy groups -OCH3 is 1. The van der Waals surface area contributed by atoms with Gasteiger partial charge in [0.15, 0.2) is 4.80 Å². The van der Waals surface area contributed by atoms with E-state index in [1.54, 1.807) is 22.8 Å². The van der Waals surface area contributed by atoms with E-state index in [4.69, 9.17) is 16.3 Å². The molecule has 0 bridgehead atoms. The molecule has 0 N–H and O–H groups in total. The number of amides is 1. The third-order valence-electron chi connectivity index (χ3n) is 5.41. The molecule has 2 aromatic carbocycles. The lowest BCUT2D eigenvalue weighted by molar-refractivity contribution is -0.122. The van der Waals surface area contributed by atoms with E-state index < -0.39 is 15.9 Å². The van der Waals surface area contributed by atoms with Gasteiger partial charge < -0.3 is 9.30 Å². The van der Waals surface area contributed by atoms with E-state index >= 15 is 0 Å². The van der Waals surface area contributed by atoms with Crippen molar-refractivity contribution in [3.8, 4) is 5.75 Å². The van der Waals surface area contributed by atoms with Crippen LogP contribution in [0.5, 0.6) is 5.75 Å².